The van der Waals surface area contributed by atoms with Crippen LogP contribution in [0.25, 0.3) is 11.1 Å². The second-order valence-electron chi connectivity index (χ2n) is 15.3. The van der Waals surface area contributed by atoms with Gasteiger partial charge >= 0.3 is 0 Å². The normalized spacial score (nSPS) is 14.9. The first-order valence-electron chi connectivity index (χ1n) is 20.2. The van der Waals surface area contributed by atoms with Gasteiger partial charge in [-0.2, -0.15) is 0 Å². The number of amides is 2. The van der Waals surface area contributed by atoms with Gasteiger partial charge in [0.1, 0.15) is 30.0 Å². The van der Waals surface area contributed by atoms with Gasteiger partial charge in [0.2, 0.25) is 0 Å². The van der Waals surface area contributed by atoms with Gasteiger partial charge in [-0.25, -0.2) is 4.39 Å². The van der Waals surface area contributed by atoms with Gasteiger partial charge in [-0.05, 0) is 115 Å². The number of anilines is 2. The lowest BCUT2D eigenvalue weighted by atomic mass is 9.89. The smallest absolute Gasteiger partial charge is 0.255 e. The van der Waals surface area contributed by atoms with Crippen LogP contribution in [0.5, 0.6) is 11.5 Å². The van der Waals surface area contributed by atoms with Crippen LogP contribution >= 0.6 is 0 Å². The average molecular weight is 774 g/mol. The minimum Gasteiger partial charge on any atom is -0.490 e. The zero-order valence-corrected chi connectivity index (χ0v) is 32.8. The van der Waals surface area contributed by atoms with E-state index in [1.807, 2.05) is 103 Å². The molecular formula is C50H48FN3O4. The van der Waals surface area contributed by atoms with E-state index >= 15 is 0 Å². The van der Waals surface area contributed by atoms with Crippen LogP contribution in [0.1, 0.15) is 69.0 Å². The molecule has 2 aliphatic rings. The number of hydrogen-bond acceptors (Lipinski definition) is 5. The number of nitrogens with one attached hydrogen (secondary N) is 1. The molecule has 0 aliphatic carbocycles. The predicted molar refractivity (Wildman–Crippen MR) is 228 cm³/mol. The summed E-state index contributed by atoms with van der Waals surface area (Å²) < 4.78 is 27.2. The lowest BCUT2D eigenvalue weighted by Crippen LogP contribution is -2.41. The van der Waals surface area contributed by atoms with Crippen molar-refractivity contribution in [2.24, 2.45) is 0 Å². The molecule has 0 saturated carbocycles. The van der Waals surface area contributed by atoms with Gasteiger partial charge in [-0.1, -0.05) is 84.4 Å². The zero-order valence-electron chi connectivity index (χ0n) is 32.8. The minimum absolute atomic E-state index is 0.0720. The van der Waals surface area contributed by atoms with Crippen LogP contribution in [0.3, 0.4) is 0 Å². The summed E-state index contributed by atoms with van der Waals surface area (Å²) in [7, 11) is 0. The van der Waals surface area contributed by atoms with E-state index in [2.05, 4.69) is 34.5 Å². The maximum atomic E-state index is 14.9. The van der Waals surface area contributed by atoms with Crippen molar-refractivity contribution in [2.75, 3.05) is 36.4 Å². The number of likely N-dealkylation sites (tertiary alicyclic amines) is 1. The van der Waals surface area contributed by atoms with Crippen LogP contribution < -0.4 is 19.7 Å². The summed E-state index contributed by atoms with van der Waals surface area (Å²) in [5.74, 6) is 1.34. The largest absolute Gasteiger partial charge is 0.490 e. The molecule has 0 spiro atoms. The van der Waals surface area contributed by atoms with Crippen molar-refractivity contribution in [1.29, 1.82) is 0 Å². The number of carbonyl (C=O) groups excluding carboxylic acids is 2. The topological polar surface area (TPSA) is 71.1 Å². The molecule has 2 amide bonds. The van der Waals surface area contributed by atoms with Crippen molar-refractivity contribution in [2.45, 2.75) is 51.2 Å². The molecule has 8 rings (SSSR count). The quantitative estimate of drug-likeness (QED) is 0.142. The Morgan fingerprint density at radius 2 is 1.29 bits per heavy atom. The lowest BCUT2D eigenvalue weighted by Gasteiger charge is -2.34. The standard InChI is InChI=1S/C50H48FN3O4/c1-35-7-11-42(12-8-35)50(56)54-31-27-46(28-32-54)58-45-20-9-36(10-21-45)34-57-44-22-17-39(18-23-44)38-13-15-41(16-14-38)49(55)52-48-33-43(19-24-47(48)51)53-29-25-40(26-30-53)37-5-3-2-4-6-37/h2-24,33,40,46H,25-32,34H2,1H3,(H,52,55). The summed E-state index contributed by atoms with van der Waals surface area (Å²) >= 11 is 0. The molecule has 2 aliphatic heterocycles. The van der Waals surface area contributed by atoms with E-state index in [4.69, 9.17) is 9.47 Å². The fourth-order valence-electron chi connectivity index (χ4n) is 7.83. The summed E-state index contributed by atoms with van der Waals surface area (Å²) in [6, 6.07) is 46.4. The molecule has 6 aromatic carbocycles. The number of carbonyl (C=O) groups is 2. The lowest BCUT2D eigenvalue weighted by molar-refractivity contribution is 0.0595. The molecule has 294 valence electrons. The monoisotopic (exact) mass is 773 g/mol. The van der Waals surface area contributed by atoms with Crippen molar-refractivity contribution in [3.63, 3.8) is 0 Å². The van der Waals surface area contributed by atoms with Crippen LogP contribution in [0.15, 0.2) is 146 Å². The first kappa shape index (κ1) is 38.5. The fraction of sp³-hybridized carbons (Fsp3) is 0.240. The third-order valence-corrected chi connectivity index (χ3v) is 11.3. The van der Waals surface area contributed by atoms with Crippen molar-refractivity contribution in [3.8, 4) is 22.6 Å². The number of rotatable bonds is 11. The molecule has 2 fully saturated rings. The van der Waals surface area contributed by atoms with Crippen LogP contribution in [-0.2, 0) is 6.61 Å². The highest BCUT2D eigenvalue weighted by Gasteiger charge is 2.25. The molecule has 0 aromatic heterocycles. The number of benzene rings is 6. The van der Waals surface area contributed by atoms with Crippen LogP contribution in [0, 0.1) is 12.7 Å². The number of aryl methyl sites for hydroxylation is 1. The number of ether oxygens (including phenoxy) is 2. The average Bonchev–Trinajstić information content (AvgIpc) is 3.28. The summed E-state index contributed by atoms with van der Waals surface area (Å²) in [5, 5.41) is 2.79. The van der Waals surface area contributed by atoms with Crippen molar-refractivity contribution in [3.05, 3.63) is 179 Å². The van der Waals surface area contributed by atoms with E-state index < -0.39 is 5.82 Å². The SMILES string of the molecule is Cc1ccc(C(=O)N2CCC(Oc3ccc(COc4ccc(-c5ccc(C(=O)Nc6cc(N7CCC(c8ccccc8)CC7)ccc6F)cc5)cc4)cc3)CC2)cc1. The van der Waals surface area contributed by atoms with Gasteiger partial charge in [0.05, 0.1) is 5.69 Å². The molecule has 1 N–H and O–H groups in total. The van der Waals surface area contributed by atoms with E-state index in [0.717, 1.165) is 83.8 Å². The van der Waals surface area contributed by atoms with Gasteiger partial charge in [-0.3, -0.25) is 9.59 Å². The molecule has 0 atom stereocenters. The Kier molecular flexibility index (Phi) is 11.8. The highest BCUT2D eigenvalue weighted by Crippen LogP contribution is 2.32. The maximum Gasteiger partial charge on any atom is 0.255 e. The highest BCUT2D eigenvalue weighted by molar-refractivity contribution is 6.04. The van der Waals surface area contributed by atoms with Crippen molar-refractivity contribution in [1.82, 2.24) is 4.90 Å². The Morgan fingerprint density at radius 3 is 1.97 bits per heavy atom. The number of nitrogens with zero attached hydrogens (tertiary/aromatic N) is 2. The van der Waals surface area contributed by atoms with Gasteiger partial charge in [0.25, 0.3) is 11.8 Å². The number of hydrogen-bond donors (Lipinski definition) is 1. The Balaban J connectivity index is 0.787. The summed E-state index contributed by atoms with van der Waals surface area (Å²) in [6.45, 7) is 5.54. The van der Waals surface area contributed by atoms with Gasteiger partial charge in [0, 0.05) is 55.8 Å². The molecule has 0 radical (unpaired) electrons. The molecule has 58 heavy (non-hydrogen) atoms. The molecule has 0 bridgehead atoms. The third kappa shape index (κ3) is 9.40. The number of halogens is 1. The van der Waals surface area contributed by atoms with E-state index in [9.17, 15) is 14.0 Å². The second kappa shape index (κ2) is 17.8. The van der Waals surface area contributed by atoms with Crippen LogP contribution in [0.4, 0.5) is 15.8 Å². The molecule has 2 heterocycles. The highest BCUT2D eigenvalue weighted by atomic mass is 19.1. The van der Waals surface area contributed by atoms with Crippen LogP contribution in [0.2, 0.25) is 0 Å². The molecule has 8 heteroatoms. The summed E-state index contributed by atoms with van der Waals surface area (Å²) in [6.07, 6.45) is 3.72. The Morgan fingerprint density at radius 1 is 0.672 bits per heavy atom. The van der Waals surface area contributed by atoms with Crippen LogP contribution in [-0.4, -0.2) is 49.0 Å². The third-order valence-electron chi connectivity index (χ3n) is 11.3. The zero-order chi connectivity index (χ0) is 39.8. The molecule has 6 aromatic rings. The van der Waals surface area contributed by atoms with Crippen molar-refractivity contribution < 1.29 is 23.5 Å². The van der Waals surface area contributed by atoms with E-state index in [1.165, 1.54) is 11.6 Å². The fourth-order valence-corrected chi connectivity index (χ4v) is 7.83. The van der Waals surface area contributed by atoms with E-state index in [1.54, 1.807) is 24.3 Å². The van der Waals surface area contributed by atoms with E-state index in [0.29, 0.717) is 31.2 Å². The molecular weight excluding hydrogens is 726 g/mol. The Bertz CT molecular complexity index is 2300. The Labute approximate surface area is 340 Å². The van der Waals surface area contributed by atoms with Crippen molar-refractivity contribution >= 4 is 23.2 Å². The molecule has 7 nitrogen and oxygen atoms in total. The summed E-state index contributed by atoms with van der Waals surface area (Å²) in [5.41, 5.74) is 7.74. The number of piperidine rings is 2. The second-order valence-corrected chi connectivity index (χ2v) is 15.3. The predicted octanol–water partition coefficient (Wildman–Crippen LogP) is 10.7. The van der Waals surface area contributed by atoms with Gasteiger partial charge in [-0.15, -0.1) is 0 Å². The molecule has 0 unspecified atom stereocenters. The minimum atomic E-state index is -0.460. The molecule has 2 saturated heterocycles. The maximum absolute atomic E-state index is 14.9. The first-order chi connectivity index (χ1) is 28.3. The van der Waals surface area contributed by atoms with Gasteiger partial charge < -0.3 is 24.6 Å². The first-order valence-corrected chi connectivity index (χ1v) is 20.2. The van der Waals surface area contributed by atoms with E-state index in [-0.39, 0.29) is 23.6 Å². The Hall–Kier alpha value is -6.41. The van der Waals surface area contributed by atoms with Gasteiger partial charge in [0.15, 0.2) is 0 Å². The summed E-state index contributed by atoms with van der Waals surface area (Å²) in [4.78, 5) is 30.2.